The van der Waals surface area contributed by atoms with Gasteiger partial charge in [-0.2, -0.15) is 4.98 Å². The summed E-state index contributed by atoms with van der Waals surface area (Å²) in [6.07, 6.45) is 0.649. The van der Waals surface area contributed by atoms with Crippen LogP contribution >= 0.6 is 11.8 Å². The molecule has 1 aromatic heterocycles. The Labute approximate surface area is 215 Å². The standard InChI is InChI=1S/C29H27N3O3S/c1-17-5-12-25-21(13-17)15-24-28(35-25)31-27(20-7-10-23(34-4)11-8-20)32-29(24)36-16-26(33)30-22-9-6-18(2)19(3)14-22/h5-14H,15-16H2,1-4H3,(H,30,33). The average Bonchev–Trinajstić information content (AvgIpc) is 2.88. The smallest absolute Gasteiger partial charge is 0.234 e. The van der Waals surface area contributed by atoms with E-state index in [-0.39, 0.29) is 11.7 Å². The summed E-state index contributed by atoms with van der Waals surface area (Å²) in [6, 6.07) is 19.6. The number of ether oxygens (including phenoxy) is 2. The van der Waals surface area contributed by atoms with E-state index in [0.717, 1.165) is 44.5 Å². The molecule has 1 amide bonds. The summed E-state index contributed by atoms with van der Waals surface area (Å²) in [5.41, 5.74) is 7.12. The summed E-state index contributed by atoms with van der Waals surface area (Å²) >= 11 is 1.40. The van der Waals surface area contributed by atoms with E-state index < -0.39 is 0 Å². The minimum absolute atomic E-state index is 0.0883. The van der Waals surface area contributed by atoms with Crippen LogP contribution in [-0.2, 0) is 11.2 Å². The predicted octanol–water partition coefficient (Wildman–Crippen LogP) is 6.50. The highest BCUT2D eigenvalue weighted by molar-refractivity contribution is 8.00. The van der Waals surface area contributed by atoms with Gasteiger partial charge in [0, 0.05) is 17.7 Å². The van der Waals surface area contributed by atoms with Crippen LogP contribution in [0.2, 0.25) is 0 Å². The van der Waals surface area contributed by atoms with Crippen LogP contribution in [0.5, 0.6) is 17.4 Å². The van der Waals surface area contributed by atoms with Crippen LogP contribution in [0.25, 0.3) is 11.4 Å². The Morgan fingerprint density at radius 3 is 2.56 bits per heavy atom. The van der Waals surface area contributed by atoms with Gasteiger partial charge in [-0.3, -0.25) is 4.79 Å². The Morgan fingerprint density at radius 2 is 1.81 bits per heavy atom. The molecule has 0 unspecified atom stereocenters. The Morgan fingerprint density at radius 1 is 1.00 bits per heavy atom. The predicted molar refractivity (Wildman–Crippen MR) is 143 cm³/mol. The number of anilines is 1. The number of amides is 1. The second-order valence-corrected chi connectivity index (χ2v) is 9.85. The summed E-state index contributed by atoms with van der Waals surface area (Å²) in [5, 5.41) is 3.74. The molecule has 0 spiro atoms. The monoisotopic (exact) mass is 497 g/mol. The quantitative estimate of drug-likeness (QED) is 0.213. The first-order chi connectivity index (χ1) is 17.4. The largest absolute Gasteiger partial charge is 0.497 e. The molecule has 1 N–H and O–H groups in total. The molecule has 0 aliphatic carbocycles. The fraction of sp³-hybridized carbons (Fsp3) is 0.207. The van der Waals surface area contributed by atoms with Crippen LogP contribution in [0.3, 0.4) is 0 Å². The van der Waals surface area contributed by atoms with Crippen LogP contribution in [0.15, 0.2) is 65.7 Å². The third kappa shape index (κ3) is 5.06. The van der Waals surface area contributed by atoms with Crippen LogP contribution in [-0.4, -0.2) is 28.7 Å². The minimum Gasteiger partial charge on any atom is -0.497 e. The molecule has 0 radical (unpaired) electrons. The number of rotatable bonds is 6. The van der Waals surface area contributed by atoms with Gasteiger partial charge in [0.05, 0.1) is 18.4 Å². The van der Waals surface area contributed by atoms with E-state index in [2.05, 4.69) is 25.2 Å². The Kier molecular flexibility index (Phi) is 6.65. The Balaban J connectivity index is 1.44. The maximum absolute atomic E-state index is 12.8. The van der Waals surface area contributed by atoms with Gasteiger partial charge in [-0.15, -0.1) is 0 Å². The molecule has 3 aromatic carbocycles. The number of nitrogens with zero attached hydrogens (tertiary/aromatic N) is 2. The normalized spacial score (nSPS) is 11.8. The number of fused-ring (bicyclic) bond motifs is 2. The topological polar surface area (TPSA) is 73.3 Å². The number of hydrogen-bond donors (Lipinski definition) is 1. The molecule has 1 aliphatic heterocycles. The van der Waals surface area contributed by atoms with Gasteiger partial charge in [0.1, 0.15) is 16.5 Å². The van der Waals surface area contributed by atoms with Gasteiger partial charge in [0.2, 0.25) is 11.8 Å². The number of aromatic nitrogens is 2. The average molecular weight is 498 g/mol. The summed E-state index contributed by atoms with van der Waals surface area (Å²) in [5.74, 6) is 2.77. The number of carbonyl (C=O) groups is 1. The second-order valence-electron chi connectivity index (χ2n) is 8.89. The van der Waals surface area contributed by atoms with Gasteiger partial charge in [0.25, 0.3) is 0 Å². The molecule has 0 saturated carbocycles. The van der Waals surface area contributed by atoms with Crippen LogP contribution in [0, 0.1) is 20.8 Å². The molecule has 36 heavy (non-hydrogen) atoms. The zero-order valence-corrected chi connectivity index (χ0v) is 21.5. The lowest BCUT2D eigenvalue weighted by Crippen LogP contribution is -2.15. The number of aryl methyl sites for hydroxylation is 3. The summed E-state index contributed by atoms with van der Waals surface area (Å²) in [6.45, 7) is 6.15. The highest BCUT2D eigenvalue weighted by Gasteiger charge is 2.25. The van der Waals surface area contributed by atoms with Crippen molar-refractivity contribution in [2.24, 2.45) is 0 Å². The zero-order chi connectivity index (χ0) is 25.2. The lowest BCUT2D eigenvalue weighted by molar-refractivity contribution is -0.113. The third-order valence-corrected chi connectivity index (χ3v) is 7.22. The molecular formula is C29H27N3O3S. The van der Waals surface area contributed by atoms with Crippen molar-refractivity contribution in [3.05, 3.63) is 88.5 Å². The number of hydrogen-bond acceptors (Lipinski definition) is 6. The van der Waals surface area contributed by atoms with Crippen molar-refractivity contribution in [1.82, 2.24) is 9.97 Å². The van der Waals surface area contributed by atoms with E-state index in [9.17, 15) is 4.79 Å². The minimum atomic E-state index is -0.0883. The third-order valence-electron chi connectivity index (χ3n) is 6.20. The molecular weight excluding hydrogens is 470 g/mol. The number of benzene rings is 3. The van der Waals surface area contributed by atoms with E-state index in [4.69, 9.17) is 19.4 Å². The summed E-state index contributed by atoms with van der Waals surface area (Å²) < 4.78 is 11.5. The Bertz CT molecular complexity index is 1450. The lowest BCUT2D eigenvalue weighted by Gasteiger charge is -2.22. The maximum Gasteiger partial charge on any atom is 0.234 e. The number of thioether (sulfide) groups is 1. The van der Waals surface area contributed by atoms with Gasteiger partial charge in [-0.1, -0.05) is 35.5 Å². The number of carbonyl (C=O) groups excluding carboxylic acids is 1. The lowest BCUT2D eigenvalue weighted by atomic mass is 10.0. The molecule has 5 rings (SSSR count). The van der Waals surface area contributed by atoms with Gasteiger partial charge in [-0.05, 0) is 79.9 Å². The molecule has 0 atom stereocenters. The molecule has 4 aromatic rings. The molecule has 0 bridgehead atoms. The molecule has 1 aliphatic rings. The fourth-order valence-corrected chi connectivity index (χ4v) is 4.88. The van der Waals surface area contributed by atoms with Crippen LogP contribution < -0.4 is 14.8 Å². The second kappa shape index (κ2) is 10.0. The number of methoxy groups -OCH3 is 1. The van der Waals surface area contributed by atoms with Crippen molar-refractivity contribution >= 4 is 23.4 Å². The van der Waals surface area contributed by atoms with Crippen molar-refractivity contribution in [2.45, 2.75) is 32.2 Å². The number of nitrogens with one attached hydrogen (secondary N) is 1. The molecule has 0 fully saturated rings. The molecule has 2 heterocycles. The van der Waals surface area contributed by atoms with E-state index in [1.165, 1.54) is 22.9 Å². The van der Waals surface area contributed by atoms with Gasteiger partial charge in [-0.25, -0.2) is 4.98 Å². The first kappa shape index (κ1) is 23.9. The van der Waals surface area contributed by atoms with E-state index in [1.54, 1.807) is 7.11 Å². The Hall–Kier alpha value is -3.84. The van der Waals surface area contributed by atoms with Crippen molar-refractivity contribution < 1.29 is 14.3 Å². The molecule has 0 saturated heterocycles. The molecule has 182 valence electrons. The van der Waals surface area contributed by atoms with Gasteiger partial charge in [0.15, 0.2) is 5.82 Å². The highest BCUT2D eigenvalue weighted by atomic mass is 32.2. The van der Waals surface area contributed by atoms with Gasteiger partial charge < -0.3 is 14.8 Å². The van der Waals surface area contributed by atoms with Crippen molar-refractivity contribution in [1.29, 1.82) is 0 Å². The summed E-state index contributed by atoms with van der Waals surface area (Å²) in [7, 11) is 1.63. The van der Waals surface area contributed by atoms with E-state index in [1.807, 2.05) is 61.5 Å². The molecule has 6 nitrogen and oxygen atoms in total. The van der Waals surface area contributed by atoms with Crippen molar-refractivity contribution in [3.8, 4) is 28.8 Å². The first-order valence-corrected chi connectivity index (χ1v) is 12.7. The SMILES string of the molecule is COc1ccc(-c2nc3c(c(SCC(=O)Nc4ccc(C)c(C)c4)n2)Cc2cc(C)ccc2O3)cc1. The maximum atomic E-state index is 12.8. The van der Waals surface area contributed by atoms with E-state index >= 15 is 0 Å². The van der Waals surface area contributed by atoms with Crippen LogP contribution in [0.4, 0.5) is 5.69 Å². The molecule has 7 heteroatoms. The highest BCUT2D eigenvalue weighted by Crippen LogP contribution is 2.40. The van der Waals surface area contributed by atoms with Crippen LogP contribution in [0.1, 0.15) is 27.8 Å². The fourth-order valence-electron chi connectivity index (χ4n) is 4.06. The van der Waals surface area contributed by atoms with Gasteiger partial charge >= 0.3 is 0 Å². The summed E-state index contributed by atoms with van der Waals surface area (Å²) in [4.78, 5) is 22.4. The van der Waals surface area contributed by atoms with E-state index in [0.29, 0.717) is 18.1 Å². The van der Waals surface area contributed by atoms with Crippen molar-refractivity contribution in [3.63, 3.8) is 0 Å². The van der Waals surface area contributed by atoms with Crippen molar-refractivity contribution in [2.75, 3.05) is 18.2 Å². The zero-order valence-electron chi connectivity index (χ0n) is 20.7. The first-order valence-electron chi connectivity index (χ1n) is 11.7.